The van der Waals surface area contributed by atoms with Crippen molar-refractivity contribution >= 4 is 0 Å². The maximum absolute atomic E-state index is 4.27. The number of nitrogens with one attached hydrogen (secondary N) is 1. The van der Waals surface area contributed by atoms with Crippen LogP contribution in [0.2, 0.25) is 0 Å². The first kappa shape index (κ1) is 11.2. The van der Waals surface area contributed by atoms with Gasteiger partial charge >= 0.3 is 0 Å². The number of aryl methyl sites for hydroxylation is 1. The van der Waals surface area contributed by atoms with Gasteiger partial charge < -0.3 is 9.88 Å². The van der Waals surface area contributed by atoms with Gasteiger partial charge in [-0.1, -0.05) is 13.3 Å². The van der Waals surface area contributed by atoms with Crippen LogP contribution in [0.25, 0.3) is 0 Å². The molecule has 0 spiro atoms. The molecule has 3 heteroatoms. The Morgan fingerprint density at radius 1 is 1.36 bits per heavy atom. The third-order valence-electron chi connectivity index (χ3n) is 2.58. The lowest BCUT2D eigenvalue weighted by atomic mass is 10.3. The molecular weight excluding hydrogens is 174 g/mol. The molecule has 1 aromatic heterocycles. The van der Waals surface area contributed by atoms with E-state index in [1.807, 2.05) is 6.33 Å². The average molecular weight is 195 g/mol. The molecular formula is C11H21N3. The van der Waals surface area contributed by atoms with Gasteiger partial charge in [0.2, 0.25) is 0 Å². The van der Waals surface area contributed by atoms with Crippen molar-refractivity contribution in [2.45, 2.75) is 40.2 Å². The molecule has 0 atom stereocenters. The van der Waals surface area contributed by atoms with Crippen molar-refractivity contribution in [1.82, 2.24) is 14.9 Å². The zero-order chi connectivity index (χ0) is 10.4. The number of imidazole rings is 1. The molecule has 0 saturated carbocycles. The summed E-state index contributed by atoms with van der Waals surface area (Å²) >= 11 is 0. The Kier molecular flexibility index (Phi) is 4.66. The van der Waals surface area contributed by atoms with Crippen molar-refractivity contribution in [3.05, 3.63) is 17.7 Å². The molecule has 3 nitrogen and oxygen atoms in total. The van der Waals surface area contributed by atoms with Crippen molar-refractivity contribution in [1.29, 1.82) is 0 Å². The van der Waals surface area contributed by atoms with E-state index >= 15 is 0 Å². The topological polar surface area (TPSA) is 29.9 Å². The summed E-state index contributed by atoms with van der Waals surface area (Å²) in [5, 5.41) is 3.42. The summed E-state index contributed by atoms with van der Waals surface area (Å²) in [7, 11) is 0. The van der Waals surface area contributed by atoms with Crippen LogP contribution in [0.4, 0.5) is 0 Å². The Labute approximate surface area is 86.5 Å². The van der Waals surface area contributed by atoms with Crippen LogP contribution in [0.1, 0.15) is 31.2 Å². The van der Waals surface area contributed by atoms with Gasteiger partial charge in [-0.15, -0.1) is 0 Å². The summed E-state index contributed by atoms with van der Waals surface area (Å²) in [5.74, 6) is 0. The zero-order valence-electron chi connectivity index (χ0n) is 9.51. The van der Waals surface area contributed by atoms with E-state index in [1.54, 1.807) is 0 Å². The van der Waals surface area contributed by atoms with E-state index in [0.717, 1.165) is 25.3 Å². The van der Waals surface area contributed by atoms with Crippen molar-refractivity contribution in [3.63, 3.8) is 0 Å². The highest BCUT2D eigenvalue weighted by Gasteiger charge is 2.00. The maximum atomic E-state index is 4.27. The van der Waals surface area contributed by atoms with Crippen molar-refractivity contribution in [3.8, 4) is 0 Å². The Bertz CT molecular complexity index is 265. The molecule has 1 N–H and O–H groups in total. The van der Waals surface area contributed by atoms with E-state index in [1.165, 1.54) is 18.5 Å². The van der Waals surface area contributed by atoms with Crippen molar-refractivity contribution in [2.75, 3.05) is 13.1 Å². The number of hydrogen-bond donors (Lipinski definition) is 1. The Morgan fingerprint density at radius 3 is 2.71 bits per heavy atom. The van der Waals surface area contributed by atoms with Crippen LogP contribution in [0.15, 0.2) is 6.33 Å². The molecule has 0 saturated heterocycles. The molecule has 0 aliphatic heterocycles. The minimum absolute atomic E-state index is 1.02. The Morgan fingerprint density at radius 2 is 2.14 bits per heavy atom. The fourth-order valence-corrected chi connectivity index (χ4v) is 1.40. The largest absolute Gasteiger partial charge is 0.333 e. The van der Waals surface area contributed by atoms with Crippen LogP contribution in [-0.2, 0) is 6.54 Å². The summed E-state index contributed by atoms with van der Waals surface area (Å²) in [4.78, 5) is 4.27. The molecule has 0 fully saturated rings. The van der Waals surface area contributed by atoms with Gasteiger partial charge in [0, 0.05) is 18.8 Å². The predicted molar refractivity (Wildman–Crippen MR) is 59.5 cm³/mol. The minimum Gasteiger partial charge on any atom is -0.333 e. The van der Waals surface area contributed by atoms with Gasteiger partial charge in [0.05, 0.1) is 12.0 Å². The standard InChI is InChI=1S/C11H21N3/c1-4-5-6-12-7-8-14-9-13-10(2)11(14)3/h9,12H,4-8H2,1-3H3. The smallest absolute Gasteiger partial charge is 0.0951 e. The minimum atomic E-state index is 1.02. The van der Waals surface area contributed by atoms with Crippen LogP contribution in [0.5, 0.6) is 0 Å². The lowest BCUT2D eigenvalue weighted by Gasteiger charge is -2.06. The first-order chi connectivity index (χ1) is 6.75. The lowest BCUT2D eigenvalue weighted by Crippen LogP contribution is -2.21. The number of hydrogen-bond acceptors (Lipinski definition) is 2. The predicted octanol–water partition coefficient (Wildman–Crippen LogP) is 1.89. The molecule has 0 radical (unpaired) electrons. The van der Waals surface area contributed by atoms with E-state index in [4.69, 9.17) is 0 Å². The van der Waals surface area contributed by atoms with Crippen LogP contribution in [0.3, 0.4) is 0 Å². The normalized spacial score (nSPS) is 10.8. The van der Waals surface area contributed by atoms with Crippen LogP contribution in [0, 0.1) is 13.8 Å². The lowest BCUT2D eigenvalue weighted by molar-refractivity contribution is 0.573. The highest BCUT2D eigenvalue weighted by atomic mass is 15.1. The van der Waals surface area contributed by atoms with Crippen LogP contribution >= 0.6 is 0 Å². The van der Waals surface area contributed by atoms with Gasteiger partial charge in [0.25, 0.3) is 0 Å². The number of unbranched alkanes of at least 4 members (excludes halogenated alkanes) is 1. The SMILES string of the molecule is CCCCNCCn1cnc(C)c1C. The molecule has 0 amide bonds. The molecule has 1 rings (SSSR count). The maximum Gasteiger partial charge on any atom is 0.0951 e. The molecule has 14 heavy (non-hydrogen) atoms. The van der Waals surface area contributed by atoms with Gasteiger partial charge in [-0.05, 0) is 26.8 Å². The highest BCUT2D eigenvalue weighted by Crippen LogP contribution is 2.02. The quantitative estimate of drug-likeness (QED) is 0.702. The molecule has 1 heterocycles. The van der Waals surface area contributed by atoms with Gasteiger partial charge in [-0.2, -0.15) is 0 Å². The summed E-state index contributed by atoms with van der Waals surface area (Å²) < 4.78 is 2.20. The van der Waals surface area contributed by atoms with E-state index in [9.17, 15) is 0 Å². The van der Waals surface area contributed by atoms with E-state index in [0.29, 0.717) is 0 Å². The van der Waals surface area contributed by atoms with Crippen LogP contribution < -0.4 is 5.32 Å². The van der Waals surface area contributed by atoms with Gasteiger partial charge in [0.1, 0.15) is 0 Å². The summed E-state index contributed by atoms with van der Waals surface area (Å²) in [6.07, 6.45) is 4.45. The highest BCUT2D eigenvalue weighted by molar-refractivity contribution is 5.08. The molecule has 0 aliphatic carbocycles. The van der Waals surface area contributed by atoms with Crippen molar-refractivity contribution in [2.24, 2.45) is 0 Å². The second-order valence-electron chi connectivity index (χ2n) is 3.71. The van der Waals surface area contributed by atoms with E-state index < -0.39 is 0 Å². The first-order valence-corrected chi connectivity index (χ1v) is 5.44. The average Bonchev–Trinajstić information content (AvgIpc) is 2.49. The fourth-order valence-electron chi connectivity index (χ4n) is 1.40. The third kappa shape index (κ3) is 3.14. The number of rotatable bonds is 6. The monoisotopic (exact) mass is 195 g/mol. The fraction of sp³-hybridized carbons (Fsp3) is 0.727. The van der Waals surface area contributed by atoms with Crippen molar-refractivity contribution < 1.29 is 0 Å². The Balaban J connectivity index is 2.21. The molecule has 0 bridgehead atoms. The van der Waals surface area contributed by atoms with E-state index in [2.05, 4.69) is 35.6 Å². The van der Waals surface area contributed by atoms with Gasteiger partial charge in [-0.25, -0.2) is 4.98 Å². The van der Waals surface area contributed by atoms with E-state index in [-0.39, 0.29) is 0 Å². The first-order valence-electron chi connectivity index (χ1n) is 5.44. The summed E-state index contributed by atoms with van der Waals surface area (Å²) in [5.41, 5.74) is 2.42. The second kappa shape index (κ2) is 5.81. The summed E-state index contributed by atoms with van der Waals surface area (Å²) in [6.45, 7) is 9.58. The summed E-state index contributed by atoms with van der Waals surface area (Å²) in [6, 6.07) is 0. The Hall–Kier alpha value is -0.830. The molecule has 0 unspecified atom stereocenters. The van der Waals surface area contributed by atoms with Gasteiger partial charge in [-0.3, -0.25) is 0 Å². The molecule has 0 aliphatic rings. The van der Waals surface area contributed by atoms with Crippen LogP contribution in [-0.4, -0.2) is 22.6 Å². The zero-order valence-corrected chi connectivity index (χ0v) is 9.51. The third-order valence-corrected chi connectivity index (χ3v) is 2.58. The molecule has 80 valence electrons. The molecule has 1 aromatic rings. The van der Waals surface area contributed by atoms with Gasteiger partial charge in [0.15, 0.2) is 0 Å². The molecule has 0 aromatic carbocycles. The second-order valence-corrected chi connectivity index (χ2v) is 3.71. The number of aromatic nitrogens is 2. The number of nitrogens with zero attached hydrogens (tertiary/aromatic N) is 2.